The van der Waals surface area contributed by atoms with Gasteiger partial charge in [0.1, 0.15) is 0 Å². The molecule has 2 rings (SSSR count). The summed E-state index contributed by atoms with van der Waals surface area (Å²) in [7, 11) is 0. The maximum atomic E-state index is 11.9. The first-order chi connectivity index (χ1) is 9.97. The summed E-state index contributed by atoms with van der Waals surface area (Å²) in [5, 5.41) is 0. The molecule has 1 fully saturated rings. The van der Waals surface area contributed by atoms with Gasteiger partial charge in [-0.3, -0.25) is 9.69 Å². The number of amides is 1. The second kappa shape index (κ2) is 6.75. The molecule has 0 aromatic rings. The number of rotatable bonds is 5. The van der Waals surface area contributed by atoms with Crippen molar-refractivity contribution in [2.45, 2.75) is 64.1 Å². The molecule has 4 unspecified atom stereocenters. The van der Waals surface area contributed by atoms with Crippen molar-refractivity contribution in [1.82, 2.24) is 4.90 Å². The fourth-order valence-electron chi connectivity index (χ4n) is 3.78. The van der Waals surface area contributed by atoms with Crippen molar-refractivity contribution in [2.75, 3.05) is 6.54 Å². The Labute approximate surface area is 128 Å². The molecule has 0 aromatic heterocycles. The molecule has 4 N–H and O–H groups in total. The largest absolute Gasteiger partial charge is 0.369 e. The third kappa shape index (κ3) is 3.38. The number of likely N-dealkylation sites (tertiary alicyclic amines) is 1. The summed E-state index contributed by atoms with van der Waals surface area (Å²) in [5.41, 5.74) is 11.1. The maximum absolute atomic E-state index is 11.9. The molecule has 118 valence electrons. The van der Waals surface area contributed by atoms with E-state index in [1.165, 1.54) is 19.3 Å². The van der Waals surface area contributed by atoms with E-state index in [-0.39, 0.29) is 11.9 Å². The number of carbonyl (C=O) groups excluding carboxylic acids is 1. The Hall–Kier alpha value is -1.13. The number of carbonyl (C=O) groups is 1. The van der Waals surface area contributed by atoms with Gasteiger partial charge in [-0.05, 0) is 46.1 Å². The summed E-state index contributed by atoms with van der Waals surface area (Å²) in [5.74, 6) is -0.310. The molecule has 1 saturated heterocycles. The summed E-state index contributed by atoms with van der Waals surface area (Å²) in [6.07, 6.45) is 13.1. The van der Waals surface area contributed by atoms with Crippen LogP contribution in [0.15, 0.2) is 24.3 Å². The van der Waals surface area contributed by atoms with Crippen LogP contribution in [-0.4, -0.2) is 35.5 Å². The van der Waals surface area contributed by atoms with Crippen molar-refractivity contribution in [3.8, 4) is 0 Å². The van der Waals surface area contributed by atoms with E-state index in [1.807, 2.05) is 24.3 Å². The second-order valence-corrected chi connectivity index (χ2v) is 6.64. The summed E-state index contributed by atoms with van der Waals surface area (Å²) in [6.45, 7) is 5.62. The molecule has 1 heterocycles. The van der Waals surface area contributed by atoms with Crippen molar-refractivity contribution in [3.63, 3.8) is 0 Å². The Kier molecular flexibility index (Phi) is 5.22. The van der Waals surface area contributed by atoms with Crippen LogP contribution in [0.1, 0.15) is 46.0 Å². The van der Waals surface area contributed by atoms with Crippen LogP contribution >= 0.6 is 0 Å². The maximum Gasteiger partial charge on any atom is 0.229 e. The molecular weight excluding hydrogens is 262 g/mol. The minimum Gasteiger partial charge on any atom is -0.369 e. The van der Waals surface area contributed by atoms with E-state index in [0.29, 0.717) is 12.1 Å². The molecule has 4 nitrogen and oxygen atoms in total. The van der Waals surface area contributed by atoms with Gasteiger partial charge in [-0.15, -0.1) is 0 Å². The van der Waals surface area contributed by atoms with Crippen LogP contribution in [0, 0.1) is 5.41 Å². The molecule has 0 aromatic carbocycles. The fourth-order valence-corrected chi connectivity index (χ4v) is 3.78. The van der Waals surface area contributed by atoms with E-state index in [4.69, 9.17) is 11.5 Å². The molecule has 1 aliphatic heterocycles. The lowest BCUT2D eigenvalue weighted by atomic mass is 9.73. The van der Waals surface area contributed by atoms with Crippen molar-refractivity contribution in [1.29, 1.82) is 0 Å². The molecule has 2 aliphatic rings. The van der Waals surface area contributed by atoms with Gasteiger partial charge in [0.25, 0.3) is 0 Å². The van der Waals surface area contributed by atoms with Gasteiger partial charge >= 0.3 is 0 Å². The van der Waals surface area contributed by atoms with E-state index >= 15 is 0 Å². The Morgan fingerprint density at radius 1 is 1.29 bits per heavy atom. The van der Waals surface area contributed by atoms with Crippen molar-refractivity contribution >= 4 is 5.91 Å². The lowest BCUT2D eigenvalue weighted by Crippen LogP contribution is -2.50. The highest BCUT2D eigenvalue weighted by atomic mass is 16.1. The van der Waals surface area contributed by atoms with Crippen LogP contribution in [0.2, 0.25) is 0 Å². The molecule has 0 bridgehead atoms. The van der Waals surface area contributed by atoms with E-state index < -0.39 is 5.41 Å². The Morgan fingerprint density at radius 2 is 1.95 bits per heavy atom. The van der Waals surface area contributed by atoms with Crippen LogP contribution in [-0.2, 0) is 4.79 Å². The zero-order valence-corrected chi connectivity index (χ0v) is 13.3. The highest BCUT2D eigenvalue weighted by molar-refractivity contribution is 5.84. The Balaban J connectivity index is 1.95. The predicted molar refractivity (Wildman–Crippen MR) is 86.6 cm³/mol. The first-order valence-corrected chi connectivity index (χ1v) is 8.14. The molecule has 1 aliphatic carbocycles. The van der Waals surface area contributed by atoms with Crippen LogP contribution < -0.4 is 11.5 Å². The summed E-state index contributed by atoms with van der Waals surface area (Å²) < 4.78 is 0. The van der Waals surface area contributed by atoms with Gasteiger partial charge in [0, 0.05) is 18.1 Å². The normalized spacial score (nSPS) is 36.8. The average Bonchev–Trinajstić information content (AvgIpc) is 2.44. The minimum absolute atomic E-state index is 0.309. The molecular formula is C17H29N3O. The lowest BCUT2D eigenvalue weighted by Gasteiger charge is -2.40. The third-order valence-corrected chi connectivity index (χ3v) is 5.26. The molecule has 0 saturated carbocycles. The van der Waals surface area contributed by atoms with Crippen LogP contribution in [0.4, 0.5) is 0 Å². The summed E-state index contributed by atoms with van der Waals surface area (Å²) >= 11 is 0. The van der Waals surface area contributed by atoms with E-state index in [2.05, 4.69) is 18.7 Å². The first kappa shape index (κ1) is 16.2. The fraction of sp³-hybridized carbons (Fsp3) is 0.706. The highest BCUT2D eigenvalue weighted by Gasteiger charge is 2.39. The number of nitrogens with two attached hydrogens (primary N) is 2. The Bertz CT molecular complexity index is 422. The number of nitrogens with zero attached hydrogens (tertiary/aromatic N) is 1. The average molecular weight is 291 g/mol. The zero-order chi connectivity index (χ0) is 15.5. The molecule has 1 amide bonds. The SMILES string of the molecule is CC1CCCC(C)N1CCCC1(C(N)=O)C=CC=CC1N. The van der Waals surface area contributed by atoms with Gasteiger partial charge in [0.05, 0.1) is 5.41 Å². The van der Waals surface area contributed by atoms with E-state index in [9.17, 15) is 4.79 Å². The molecule has 0 radical (unpaired) electrons. The van der Waals surface area contributed by atoms with Crippen LogP contribution in [0.25, 0.3) is 0 Å². The van der Waals surface area contributed by atoms with Gasteiger partial charge in [-0.1, -0.05) is 30.7 Å². The van der Waals surface area contributed by atoms with Gasteiger partial charge in [0.2, 0.25) is 5.91 Å². The monoisotopic (exact) mass is 291 g/mol. The topological polar surface area (TPSA) is 72.3 Å². The number of allylic oxidation sites excluding steroid dienone is 2. The molecule has 4 atom stereocenters. The predicted octanol–water partition coefficient (Wildman–Crippen LogP) is 1.95. The summed E-state index contributed by atoms with van der Waals surface area (Å²) in [6, 6.07) is 0.957. The van der Waals surface area contributed by atoms with Gasteiger partial charge in [-0.25, -0.2) is 0 Å². The smallest absolute Gasteiger partial charge is 0.229 e. The zero-order valence-electron chi connectivity index (χ0n) is 13.3. The number of hydrogen-bond donors (Lipinski definition) is 2. The minimum atomic E-state index is -0.711. The Morgan fingerprint density at radius 3 is 2.52 bits per heavy atom. The van der Waals surface area contributed by atoms with E-state index in [0.717, 1.165) is 19.4 Å². The third-order valence-electron chi connectivity index (χ3n) is 5.26. The standard InChI is InChI=1S/C17H29N3O/c1-13-7-5-8-14(2)20(13)12-6-11-17(16(19)21)10-4-3-9-15(17)18/h3-4,9-10,13-15H,5-8,11-12,18H2,1-2H3,(H2,19,21). The number of primary amides is 1. The van der Waals surface area contributed by atoms with Crippen LogP contribution in [0.3, 0.4) is 0 Å². The molecule has 4 heteroatoms. The number of hydrogen-bond acceptors (Lipinski definition) is 3. The highest BCUT2D eigenvalue weighted by Crippen LogP contribution is 2.33. The molecule has 0 spiro atoms. The second-order valence-electron chi connectivity index (χ2n) is 6.64. The summed E-state index contributed by atoms with van der Waals surface area (Å²) in [4.78, 5) is 14.5. The van der Waals surface area contributed by atoms with Gasteiger partial charge in [-0.2, -0.15) is 0 Å². The quantitative estimate of drug-likeness (QED) is 0.813. The van der Waals surface area contributed by atoms with Crippen LogP contribution in [0.5, 0.6) is 0 Å². The van der Waals surface area contributed by atoms with Gasteiger partial charge < -0.3 is 11.5 Å². The van der Waals surface area contributed by atoms with E-state index in [1.54, 1.807) is 0 Å². The molecule has 21 heavy (non-hydrogen) atoms. The van der Waals surface area contributed by atoms with Crippen molar-refractivity contribution < 1.29 is 4.79 Å². The van der Waals surface area contributed by atoms with Crippen molar-refractivity contribution in [3.05, 3.63) is 24.3 Å². The first-order valence-electron chi connectivity index (χ1n) is 8.14. The number of piperidine rings is 1. The van der Waals surface area contributed by atoms with Gasteiger partial charge in [0.15, 0.2) is 0 Å². The lowest BCUT2D eigenvalue weighted by molar-refractivity contribution is -0.126. The van der Waals surface area contributed by atoms with Crippen molar-refractivity contribution in [2.24, 2.45) is 16.9 Å².